The van der Waals surface area contributed by atoms with E-state index >= 15 is 0 Å². The number of rotatable bonds is 4. The highest BCUT2D eigenvalue weighted by Gasteiger charge is 2.30. The van der Waals surface area contributed by atoms with Crippen molar-refractivity contribution in [2.45, 2.75) is 19.5 Å². The molecule has 0 bridgehead atoms. The van der Waals surface area contributed by atoms with Crippen molar-refractivity contribution in [1.29, 1.82) is 0 Å². The lowest BCUT2D eigenvalue weighted by Gasteiger charge is -2.35. The summed E-state index contributed by atoms with van der Waals surface area (Å²) in [7, 11) is 0. The average molecular weight is 476 g/mol. The number of halogens is 4. The predicted octanol–water partition coefficient (Wildman–Crippen LogP) is 4.94. The van der Waals surface area contributed by atoms with Crippen molar-refractivity contribution < 1.29 is 18.0 Å². The third kappa shape index (κ3) is 4.93. The first-order valence-corrected chi connectivity index (χ1v) is 10.8. The summed E-state index contributed by atoms with van der Waals surface area (Å²) in [5.74, 6) is 0.722. The van der Waals surface area contributed by atoms with Crippen molar-refractivity contribution in [2.75, 3.05) is 31.1 Å². The molecule has 1 saturated heterocycles. The Morgan fingerprint density at radius 3 is 2.33 bits per heavy atom. The SMILES string of the molecule is CCC(=O)N1CCN(c2cnc(-c3ccc(C(F)(F)F)cc3)c(-c3ccncc3Cl)n2)CC1. The number of carbonyl (C=O) groups is 1. The first-order valence-electron chi connectivity index (χ1n) is 10.4. The summed E-state index contributed by atoms with van der Waals surface area (Å²) in [5.41, 5.74) is 1.20. The van der Waals surface area contributed by atoms with Crippen LogP contribution in [0.4, 0.5) is 19.0 Å². The summed E-state index contributed by atoms with van der Waals surface area (Å²) in [6.45, 7) is 4.21. The first kappa shape index (κ1) is 23.0. The standard InChI is InChI=1S/C23H21ClF3N5O/c1-2-20(33)32-11-9-31(10-12-32)19-14-29-21(15-3-5-16(6-4-15)23(25,26)27)22(30-19)17-7-8-28-13-18(17)24/h3-8,13-14H,2,9-12H2,1H3. The van der Waals surface area contributed by atoms with Crippen LogP contribution in [0.5, 0.6) is 0 Å². The van der Waals surface area contributed by atoms with Crippen molar-refractivity contribution in [2.24, 2.45) is 0 Å². The topological polar surface area (TPSA) is 62.2 Å². The van der Waals surface area contributed by atoms with Crippen molar-refractivity contribution in [3.8, 4) is 22.5 Å². The van der Waals surface area contributed by atoms with Gasteiger partial charge in [-0.2, -0.15) is 13.2 Å². The molecule has 10 heteroatoms. The maximum absolute atomic E-state index is 13.0. The van der Waals surface area contributed by atoms with Gasteiger partial charge in [-0.1, -0.05) is 30.7 Å². The molecule has 0 aliphatic carbocycles. The summed E-state index contributed by atoms with van der Waals surface area (Å²) < 4.78 is 39.0. The lowest BCUT2D eigenvalue weighted by Crippen LogP contribution is -2.48. The van der Waals surface area contributed by atoms with Crippen LogP contribution in [-0.2, 0) is 11.0 Å². The Kier molecular flexibility index (Phi) is 6.51. The van der Waals surface area contributed by atoms with Crippen LogP contribution in [0.2, 0.25) is 5.02 Å². The summed E-state index contributed by atoms with van der Waals surface area (Å²) in [4.78, 5) is 29.2. The largest absolute Gasteiger partial charge is 0.416 e. The van der Waals surface area contributed by atoms with E-state index in [0.29, 0.717) is 66.0 Å². The van der Waals surface area contributed by atoms with Crippen molar-refractivity contribution >= 4 is 23.3 Å². The molecule has 3 aromatic rings. The third-order valence-electron chi connectivity index (χ3n) is 5.53. The molecular weight excluding hydrogens is 455 g/mol. The Hall–Kier alpha value is -3.20. The number of amides is 1. The van der Waals surface area contributed by atoms with Gasteiger partial charge in [0, 0.05) is 56.1 Å². The van der Waals surface area contributed by atoms with Crippen LogP contribution >= 0.6 is 11.6 Å². The number of hydrogen-bond donors (Lipinski definition) is 0. The summed E-state index contributed by atoms with van der Waals surface area (Å²) in [6.07, 6.45) is 0.694. The van der Waals surface area contributed by atoms with Crippen LogP contribution < -0.4 is 4.90 Å². The Morgan fingerprint density at radius 2 is 1.73 bits per heavy atom. The lowest BCUT2D eigenvalue weighted by atomic mass is 10.0. The maximum atomic E-state index is 13.0. The summed E-state index contributed by atoms with van der Waals surface area (Å²) >= 11 is 6.37. The zero-order valence-electron chi connectivity index (χ0n) is 17.8. The quantitative estimate of drug-likeness (QED) is 0.535. The van der Waals surface area contributed by atoms with Gasteiger partial charge in [0.1, 0.15) is 11.5 Å². The number of anilines is 1. The lowest BCUT2D eigenvalue weighted by molar-refractivity contribution is -0.137. The van der Waals surface area contributed by atoms with Gasteiger partial charge in [-0.15, -0.1) is 0 Å². The van der Waals surface area contributed by atoms with Gasteiger partial charge in [0.2, 0.25) is 5.91 Å². The number of piperazine rings is 1. The van der Waals surface area contributed by atoms with Crippen molar-refractivity contribution in [3.63, 3.8) is 0 Å². The van der Waals surface area contributed by atoms with E-state index in [2.05, 4.69) is 9.97 Å². The van der Waals surface area contributed by atoms with Crippen LogP contribution in [-0.4, -0.2) is 51.9 Å². The van der Waals surface area contributed by atoms with Gasteiger partial charge in [0.15, 0.2) is 0 Å². The number of carbonyl (C=O) groups excluding carboxylic acids is 1. The van der Waals surface area contributed by atoms with Gasteiger partial charge in [0.25, 0.3) is 0 Å². The number of pyridine rings is 1. The van der Waals surface area contributed by atoms with Crippen LogP contribution in [0, 0.1) is 0 Å². The van der Waals surface area contributed by atoms with Crippen molar-refractivity contribution in [1.82, 2.24) is 19.9 Å². The molecule has 1 aliphatic rings. The van der Waals surface area contributed by atoms with Gasteiger partial charge < -0.3 is 9.80 Å². The highest BCUT2D eigenvalue weighted by molar-refractivity contribution is 6.33. The zero-order valence-corrected chi connectivity index (χ0v) is 18.6. The monoisotopic (exact) mass is 475 g/mol. The fourth-order valence-electron chi connectivity index (χ4n) is 3.72. The van der Waals surface area contributed by atoms with Crippen molar-refractivity contribution in [3.05, 3.63) is 59.5 Å². The van der Waals surface area contributed by atoms with E-state index in [1.165, 1.54) is 18.3 Å². The molecule has 0 saturated carbocycles. The van der Waals surface area contributed by atoms with Gasteiger partial charge in [-0.05, 0) is 18.2 Å². The maximum Gasteiger partial charge on any atom is 0.416 e. The predicted molar refractivity (Wildman–Crippen MR) is 120 cm³/mol. The van der Waals surface area contributed by atoms with Crippen LogP contribution in [0.25, 0.3) is 22.5 Å². The van der Waals surface area contributed by atoms with Gasteiger partial charge >= 0.3 is 6.18 Å². The highest BCUT2D eigenvalue weighted by Crippen LogP contribution is 2.36. The van der Waals surface area contributed by atoms with E-state index in [4.69, 9.17) is 16.6 Å². The second-order valence-corrected chi connectivity index (χ2v) is 7.98. The molecule has 1 amide bonds. The Bertz CT molecular complexity index is 1150. The highest BCUT2D eigenvalue weighted by atomic mass is 35.5. The first-order chi connectivity index (χ1) is 15.8. The smallest absolute Gasteiger partial charge is 0.352 e. The Balaban J connectivity index is 1.71. The number of nitrogens with zero attached hydrogens (tertiary/aromatic N) is 5. The molecule has 4 rings (SSSR count). The minimum Gasteiger partial charge on any atom is -0.352 e. The molecule has 1 aromatic carbocycles. The molecule has 0 radical (unpaired) electrons. The third-order valence-corrected chi connectivity index (χ3v) is 5.83. The van der Waals surface area contributed by atoms with E-state index in [9.17, 15) is 18.0 Å². The minimum atomic E-state index is -4.42. The van der Waals surface area contributed by atoms with E-state index in [-0.39, 0.29) is 5.91 Å². The van der Waals surface area contributed by atoms with E-state index in [0.717, 1.165) is 12.1 Å². The van der Waals surface area contributed by atoms with E-state index in [1.807, 2.05) is 16.7 Å². The van der Waals surface area contributed by atoms with E-state index < -0.39 is 11.7 Å². The zero-order chi connectivity index (χ0) is 23.6. The normalized spacial score (nSPS) is 14.5. The molecule has 0 N–H and O–H groups in total. The number of alkyl halides is 3. The summed E-state index contributed by atoms with van der Waals surface area (Å²) in [6, 6.07) is 6.49. The van der Waals surface area contributed by atoms with Crippen LogP contribution in [0.15, 0.2) is 48.9 Å². The molecule has 33 heavy (non-hydrogen) atoms. The number of aromatic nitrogens is 3. The minimum absolute atomic E-state index is 0.114. The van der Waals surface area contributed by atoms with E-state index in [1.54, 1.807) is 18.5 Å². The number of hydrogen-bond acceptors (Lipinski definition) is 5. The van der Waals surface area contributed by atoms with Gasteiger partial charge in [-0.25, -0.2) is 4.98 Å². The molecule has 0 atom stereocenters. The molecule has 172 valence electrons. The fraction of sp³-hybridized carbons (Fsp3) is 0.304. The molecule has 1 aliphatic heterocycles. The second-order valence-electron chi connectivity index (χ2n) is 7.58. The molecule has 2 aromatic heterocycles. The fourth-order valence-corrected chi connectivity index (χ4v) is 3.93. The Morgan fingerprint density at radius 1 is 1.03 bits per heavy atom. The summed E-state index contributed by atoms with van der Waals surface area (Å²) in [5, 5.41) is 0.357. The van der Waals surface area contributed by atoms with Crippen LogP contribution in [0.3, 0.4) is 0 Å². The van der Waals surface area contributed by atoms with Gasteiger partial charge in [0.05, 0.1) is 22.5 Å². The molecule has 0 unspecified atom stereocenters. The number of benzene rings is 1. The Labute approximate surface area is 194 Å². The molecule has 3 heterocycles. The second kappa shape index (κ2) is 9.35. The molecule has 6 nitrogen and oxygen atoms in total. The molecule has 1 fully saturated rings. The molecule has 0 spiro atoms. The molecular formula is C23H21ClF3N5O. The van der Waals surface area contributed by atoms with Crippen LogP contribution in [0.1, 0.15) is 18.9 Å². The average Bonchev–Trinajstić information content (AvgIpc) is 2.83. The van der Waals surface area contributed by atoms with Gasteiger partial charge in [-0.3, -0.25) is 14.8 Å².